The van der Waals surface area contributed by atoms with Gasteiger partial charge < -0.3 is 14.2 Å². The molecule has 0 radical (unpaired) electrons. The Balaban J connectivity index is 1.34. The van der Waals surface area contributed by atoms with E-state index in [1.54, 1.807) is 18.7 Å². The fraction of sp³-hybridized carbons (Fsp3) is 0.524. The van der Waals surface area contributed by atoms with Crippen LogP contribution in [-0.2, 0) is 5.67 Å². The smallest absolute Gasteiger partial charge is 0.406 e. The van der Waals surface area contributed by atoms with Crippen molar-refractivity contribution in [3.05, 3.63) is 41.1 Å². The number of carbonyl (C=O) groups is 1. The van der Waals surface area contributed by atoms with Crippen molar-refractivity contribution in [1.29, 1.82) is 0 Å². The number of alkyl halides is 4. The Bertz CT molecular complexity index is 972. The lowest BCUT2D eigenvalue weighted by Gasteiger charge is -2.55. The molecule has 2 amide bonds. The fourth-order valence-corrected chi connectivity index (χ4v) is 4.56. The van der Waals surface area contributed by atoms with E-state index in [2.05, 4.69) is 15.2 Å². The number of piperidine rings is 1. The lowest BCUT2D eigenvalue weighted by atomic mass is 9.54. The van der Waals surface area contributed by atoms with Gasteiger partial charge in [0.25, 0.3) is 0 Å². The molecular formula is C21H23F4N3O3. The van der Waals surface area contributed by atoms with Crippen LogP contribution in [0.15, 0.2) is 28.8 Å². The third-order valence-corrected chi connectivity index (χ3v) is 6.38. The van der Waals surface area contributed by atoms with Crippen LogP contribution < -0.4 is 10.1 Å². The first-order valence-electron chi connectivity index (χ1n) is 10.0. The number of aromatic nitrogens is 1. The number of anilines is 1. The zero-order chi connectivity index (χ0) is 22.4. The molecule has 2 aliphatic rings. The maximum Gasteiger partial charge on any atom is 0.573 e. The number of nitrogens with zero attached hydrogens (tertiary/aromatic N) is 2. The molecular weight excluding hydrogens is 418 g/mol. The molecule has 1 aliphatic carbocycles. The van der Waals surface area contributed by atoms with Crippen LogP contribution >= 0.6 is 0 Å². The van der Waals surface area contributed by atoms with Gasteiger partial charge >= 0.3 is 12.4 Å². The van der Waals surface area contributed by atoms with Crippen LogP contribution in [-0.4, -0.2) is 35.5 Å². The zero-order valence-electron chi connectivity index (χ0n) is 17.2. The zero-order valence-corrected chi connectivity index (χ0v) is 17.2. The summed E-state index contributed by atoms with van der Waals surface area (Å²) < 4.78 is 61.8. The van der Waals surface area contributed by atoms with E-state index >= 15 is 4.39 Å². The molecule has 1 aromatic carbocycles. The number of ether oxygens (including phenoxy) is 1. The molecule has 2 fully saturated rings. The molecule has 1 N–H and O–H groups in total. The topological polar surface area (TPSA) is 67.6 Å². The molecule has 1 aliphatic heterocycles. The van der Waals surface area contributed by atoms with Crippen LogP contribution in [0.5, 0.6) is 5.75 Å². The lowest BCUT2D eigenvalue weighted by Crippen LogP contribution is -2.54. The average molecular weight is 441 g/mol. The summed E-state index contributed by atoms with van der Waals surface area (Å²) in [5.41, 5.74) is -0.294. The standard InChI is InChI=1S/C21H23F4N3O3/c1-13-14(2)27-31-17(13)26-18(29)28-8-6-19(7-9-28)11-20(22,12-19)15-4-3-5-16(10-15)30-21(23,24)25/h3-5,10H,6-9,11-12H2,1-2H3,(H,26,29). The largest absolute Gasteiger partial charge is 0.573 e. The lowest BCUT2D eigenvalue weighted by molar-refractivity contribution is -0.274. The van der Waals surface area contributed by atoms with Gasteiger partial charge in [0.1, 0.15) is 11.4 Å². The van der Waals surface area contributed by atoms with Gasteiger partial charge in [-0.1, -0.05) is 17.3 Å². The molecule has 0 unspecified atom stereocenters. The SMILES string of the molecule is Cc1noc(NC(=O)N2CCC3(CC2)CC(F)(c2cccc(OC(F)(F)F)c2)C3)c1C. The van der Waals surface area contributed by atoms with E-state index in [1.165, 1.54) is 12.1 Å². The van der Waals surface area contributed by atoms with Crippen molar-refractivity contribution in [1.82, 2.24) is 10.1 Å². The van der Waals surface area contributed by atoms with E-state index in [0.717, 1.165) is 17.7 Å². The molecule has 6 nitrogen and oxygen atoms in total. The van der Waals surface area contributed by atoms with Crippen LogP contribution in [0.25, 0.3) is 0 Å². The van der Waals surface area contributed by atoms with Crippen LogP contribution in [0.1, 0.15) is 42.5 Å². The van der Waals surface area contributed by atoms with Crippen LogP contribution in [0, 0.1) is 19.3 Å². The molecule has 4 rings (SSSR count). The molecule has 0 bridgehead atoms. The van der Waals surface area contributed by atoms with E-state index < -0.39 is 17.8 Å². The molecule has 168 valence electrons. The van der Waals surface area contributed by atoms with Gasteiger partial charge in [-0.15, -0.1) is 13.2 Å². The normalized spacial score (nSPS) is 19.7. The third kappa shape index (κ3) is 4.33. The van der Waals surface area contributed by atoms with Gasteiger partial charge in [0.15, 0.2) is 0 Å². The predicted octanol–water partition coefficient (Wildman–Crippen LogP) is 5.46. The number of likely N-dealkylation sites (tertiary alicyclic amines) is 1. The third-order valence-electron chi connectivity index (χ3n) is 6.38. The first-order valence-corrected chi connectivity index (χ1v) is 10.0. The number of halogens is 4. The second kappa shape index (κ2) is 7.42. The van der Waals surface area contributed by atoms with Gasteiger partial charge in [0.2, 0.25) is 5.88 Å². The Morgan fingerprint density at radius 3 is 2.48 bits per heavy atom. The minimum absolute atomic E-state index is 0.191. The number of hydrogen-bond acceptors (Lipinski definition) is 4. The minimum Gasteiger partial charge on any atom is -0.406 e. The van der Waals surface area contributed by atoms with E-state index in [0.29, 0.717) is 37.5 Å². The summed E-state index contributed by atoms with van der Waals surface area (Å²) in [5, 5.41) is 6.52. The van der Waals surface area contributed by atoms with E-state index in [1.807, 2.05) is 0 Å². The molecule has 2 heterocycles. The Morgan fingerprint density at radius 1 is 1.23 bits per heavy atom. The van der Waals surface area contributed by atoms with Crippen molar-refractivity contribution in [2.75, 3.05) is 18.4 Å². The molecule has 2 aromatic rings. The van der Waals surface area contributed by atoms with Crippen molar-refractivity contribution in [2.45, 2.75) is 51.6 Å². The van der Waals surface area contributed by atoms with Gasteiger partial charge in [0.05, 0.1) is 5.69 Å². The van der Waals surface area contributed by atoms with E-state index in [4.69, 9.17) is 4.52 Å². The molecule has 31 heavy (non-hydrogen) atoms. The number of rotatable bonds is 3. The minimum atomic E-state index is -4.82. The first-order chi connectivity index (χ1) is 14.5. The summed E-state index contributed by atoms with van der Waals surface area (Å²) in [6, 6.07) is 4.83. The number of benzene rings is 1. The van der Waals surface area contributed by atoms with Crippen molar-refractivity contribution in [3.63, 3.8) is 0 Å². The van der Waals surface area contributed by atoms with E-state index in [-0.39, 0.29) is 29.9 Å². The summed E-state index contributed by atoms with van der Waals surface area (Å²) in [7, 11) is 0. The number of aryl methyl sites for hydroxylation is 1. The van der Waals surface area contributed by atoms with Gasteiger partial charge in [0, 0.05) is 18.7 Å². The number of urea groups is 1. The number of hydrogen-bond donors (Lipinski definition) is 1. The number of carbonyl (C=O) groups excluding carboxylic acids is 1. The van der Waals surface area contributed by atoms with Crippen molar-refractivity contribution >= 4 is 11.9 Å². The van der Waals surface area contributed by atoms with Gasteiger partial charge in [-0.3, -0.25) is 5.32 Å². The maximum absolute atomic E-state index is 15.4. The second-order valence-corrected chi connectivity index (χ2v) is 8.53. The fourth-order valence-electron chi connectivity index (χ4n) is 4.56. The number of nitrogens with one attached hydrogen (secondary N) is 1. The Labute approximate surface area is 176 Å². The first kappa shape index (κ1) is 21.5. The van der Waals surface area contributed by atoms with Crippen LogP contribution in [0.3, 0.4) is 0 Å². The summed E-state index contributed by atoms with van der Waals surface area (Å²) in [6.45, 7) is 4.51. The number of amides is 2. The molecule has 1 saturated carbocycles. The highest BCUT2D eigenvalue weighted by molar-refractivity contribution is 5.88. The highest BCUT2D eigenvalue weighted by Crippen LogP contribution is 2.61. The molecule has 0 atom stereocenters. The summed E-state index contributed by atoms with van der Waals surface area (Å²) in [6.07, 6.45) is -3.14. The summed E-state index contributed by atoms with van der Waals surface area (Å²) >= 11 is 0. The highest BCUT2D eigenvalue weighted by atomic mass is 19.4. The molecule has 1 saturated heterocycles. The van der Waals surface area contributed by atoms with Gasteiger partial charge in [-0.2, -0.15) is 0 Å². The molecule has 1 spiro atoms. The average Bonchev–Trinajstić information content (AvgIpc) is 2.98. The van der Waals surface area contributed by atoms with Crippen molar-refractivity contribution in [2.24, 2.45) is 5.41 Å². The quantitative estimate of drug-likeness (QED) is 0.642. The summed E-state index contributed by atoms with van der Waals surface area (Å²) in [5.74, 6) is -0.109. The van der Waals surface area contributed by atoms with Crippen molar-refractivity contribution < 1.29 is 31.6 Å². The summed E-state index contributed by atoms with van der Waals surface area (Å²) in [4.78, 5) is 14.1. The monoisotopic (exact) mass is 441 g/mol. The van der Waals surface area contributed by atoms with Crippen LogP contribution in [0.4, 0.5) is 28.2 Å². The van der Waals surface area contributed by atoms with Crippen molar-refractivity contribution in [3.8, 4) is 5.75 Å². The Morgan fingerprint density at radius 2 is 1.90 bits per heavy atom. The van der Waals surface area contributed by atoms with E-state index in [9.17, 15) is 18.0 Å². The second-order valence-electron chi connectivity index (χ2n) is 8.53. The van der Waals surface area contributed by atoms with Gasteiger partial charge in [-0.25, -0.2) is 9.18 Å². The Hall–Kier alpha value is -2.78. The maximum atomic E-state index is 15.4. The van der Waals surface area contributed by atoms with Crippen LogP contribution in [0.2, 0.25) is 0 Å². The highest BCUT2D eigenvalue weighted by Gasteiger charge is 2.57. The molecule has 1 aromatic heterocycles. The molecule has 10 heteroatoms. The van der Waals surface area contributed by atoms with Gasteiger partial charge in [-0.05, 0) is 62.6 Å². The predicted molar refractivity (Wildman–Crippen MR) is 103 cm³/mol. The Kier molecular flexibility index (Phi) is 5.13.